The van der Waals surface area contributed by atoms with E-state index in [2.05, 4.69) is 26.1 Å². The highest BCUT2D eigenvalue weighted by Crippen LogP contribution is 2.29. The van der Waals surface area contributed by atoms with Crippen molar-refractivity contribution in [2.45, 2.75) is 17.6 Å². The number of halogens is 1. The van der Waals surface area contributed by atoms with Crippen LogP contribution in [-0.2, 0) is 5.75 Å². The Morgan fingerprint density at radius 2 is 2.31 bits per heavy atom. The predicted octanol–water partition coefficient (Wildman–Crippen LogP) is 3.02. The lowest BCUT2D eigenvalue weighted by Gasteiger charge is -2.03. The molecule has 0 saturated carbocycles. The summed E-state index contributed by atoms with van der Waals surface area (Å²) >= 11 is 4.96. The fourth-order valence-electron chi connectivity index (χ4n) is 1.19. The molecule has 0 bridgehead atoms. The number of aromatic nitrogens is 2. The van der Waals surface area contributed by atoms with Gasteiger partial charge in [-0.25, -0.2) is 0 Å². The molecule has 2 N–H and O–H groups in total. The lowest BCUT2D eigenvalue weighted by molar-refractivity contribution is 0.389. The monoisotopic (exact) mass is 299 g/mol. The van der Waals surface area contributed by atoms with E-state index in [9.17, 15) is 0 Å². The first kappa shape index (κ1) is 11.5. The van der Waals surface area contributed by atoms with Crippen LogP contribution in [0.1, 0.15) is 11.7 Å². The molecule has 6 heteroatoms. The normalized spacial score (nSPS) is 10.6. The lowest BCUT2D eigenvalue weighted by Crippen LogP contribution is -1.90. The zero-order valence-corrected chi connectivity index (χ0v) is 11.0. The molecule has 0 atom stereocenters. The molecule has 2 aromatic rings. The molecule has 1 aromatic carbocycles. The average Bonchev–Trinajstić information content (AvgIpc) is 2.63. The van der Waals surface area contributed by atoms with Gasteiger partial charge in [0.05, 0.1) is 5.75 Å². The van der Waals surface area contributed by atoms with Crippen LogP contribution >= 0.6 is 27.7 Å². The molecule has 1 aromatic heterocycles. The van der Waals surface area contributed by atoms with Gasteiger partial charge in [-0.15, -0.1) is 11.8 Å². The van der Waals surface area contributed by atoms with Gasteiger partial charge in [-0.2, -0.15) is 4.98 Å². The van der Waals surface area contributed by atoms with E-state index < -0.39 is 0 Å². The first-order valence-electron chi connectivity index (χ1n) is 4.62. The van der Waals surface area contributed by atoms with E-state index in [0.29, 0.717) is 17.5 Å². The Kier molecular flexibility index (Phi) is 3.50. The van der Waals surface area contributed by atoms with Gasteiger partial charge in [0.25, 0.3) is 0 Å². The number of nitrogens with zero attached hydrogens (tertiary/aromatic N) is 2. The molecule has 0 saturated heterocycles. The van der Waals surface area contributed by atoms with Crippen LogP contribution in [0, 0.1) is 6.92 Å². The van der Waals surface area contributed by atoms with Crippen LogP contribution in [-0.4, -0.2) is 10.1 Å². The van der Waals surface area contributed by atoms with Gasteiger partial charge in [-0.3, -0.25) is 0 Å². The Morgan fingerprint density at radius 1 is 1.50 bits per heavy atom. The highest BCUT2D eigenvalue weighted by atomic mass is 79.9. The molecule has 0 aliphatic rings. The van der Waals surface area contributed by atoms with E-state index in [1.165, 1.54) is 0 Å². The highest BCUT2D eigenvalue weighted by molar-refractivity contribution is 9.10. The second kappa shape index (κ2) is 4.88. The highest BCUT2D eigenvalue weighted by Gasteiger charge is 2.05. The minimum atomic E-state index is 0.583. The summed E-state index contributed by atoms with van der Waals surface area (Å²) in [5, 5.41) is 3.82. The van der Waals surface area contributed by atoms with Gasteiger partial charge in [-0.1, -0.05) is 21.1 Å². The number of nitrogens with two attached hydrogens (primary N) is 1. The van der Waals surface area contributed by atoms with Crippen molar-refractivity contribution in [3.8, 4) is 0 Å². The fraction of sp³-hybridized carbons (Fsp3) is 0.200. The van der Waals surface area contributed by atoms with E-state index in [1.54, 1.807) is 18.7 Å². The van der Waals surface area contributed by atoms with Crippen LogP contribution in [0.4, 0.5) is 5.69 Å². The Bertz CT molecular complexity index is 501. The van der Waals surface area contributed by atoms with Crippen molar-refractivity contribution in [2.75, 3.05) is 5.73 Å². The number of hydrogen-bond donors (Lipinski definition) is 1. The summed E-state index contributed by atoms with van der Waals surface area (Å²) in [7, 11) is 0. The standard InChI is InChI=1S/C10H10BrN3OS/c1-6-13-10(14-15-6)5-16-9-3-2-7(11)4-8(9)12/h2-4H,5,12H2,1H3. The van der Waals surface area contributed by atoms with E-state index in [-0.39, 0.29) is 0 Å². The number of anilines is 1. The van der Waals surface area contributed by atoms with Crippen LogP contribution < -0.4 is 5.73 Å². The van der Waals surface area contributed by atoms with Crippen molar-refractivity contribution in [3.05, 3.63) is 34.4 Å². The van der Waals surface area contributed by atoms with Crippen molar-refractivity contribution >= 4 is 33.4 Å². The molecule has 0 fully saturated rings. The van der Waals surface area contributed by atoms with Crippen molar-refractivity contribution in [2.24, 2.45) is 0 Å². The third kappa shape index (κ3) is 2.76. The molecule has 84 valence electrons. The minimum Gasteiger partial charge on any atom is -0.398 e. The number of nitrogen functional groups attached to an aromatic ring is 1. The molecule has 4 nitrogen and oxygen atoms in total. The molecule has 0 aliphatic heterocycles. The predicted molar refractivity (Wildman–Crippen MR) is 67.2 cm³/mol. The van der Waals surface area contributed by atoms with Crippen molar-refractivity contribution in [3.63, 3.8) is 0 Å². The molecule has 0 radical (unpaired) electrons. The van der Waals surface area contributed by atoms with Gasteiger partial charge < -0.3 is 10.3 Å². The number of benzene rings is 1. The Hall–Kier alpha value is -1.01. The van der Waals surface area contributed by atoms with Crippen molar-refractivity contribution in [1.82, 2.24) is 10.1 Å². The Balaban J connectivity index is 2.04. The van der Waals surface area contributed by atoms with Gasteiger partial charge >= 0.3 is 0 Å². The Morgan fingerprint density at radius 3 is 2.94 bits per heavy atom. The topological polar surface area (TPSA) is 64.9 Å². The molecule has 2 rings (SSSR count). The Labute approximate surface area is 106 Å². The second-order valence-electron chi connectivity index (χ2n) is 3.20. The van der Waals surface area contributed by atoms with Crippen LogP contribution in [0.5, 0.6) is 0 Å². The minimum absolute atomic E-state index is 0.583. The summed E-state index contributed by atoms with van der Waals surface area (Å²) < 4.78 is 5.87. The fourth-order valence-corrected chi connectivity index (χ4v) is 2.36. The molecular weight excluding hydrogens is 290 g/mol. The summed E-state index contributed by atoms with van der Waals surface area (Å²) in [5.41, 5.74) is 6.63. The summed E-state index contributed by atoms with van der Waals surface area (Å²) in [6, 6.07) is 5.81. The summed E-state index contributed by atoms with van der Waals surface area (Å²) in [6.07, 6.45) is 0. The smallest absolute Gasteiger partial charge is 0.223 e. The van der Waals surface area contributed by atoms with Crippen molar-refractivity contribution < 1.29 is 4.52 Å². The zero-order valence-electron chi connectivity index (χ0n) is 8.61. The summed E-state index contributed by atoms with van der Waals surface area (Å²) in [4.78, 5) is 5.14. The largest absolute Gasteiger partial charge is 0.398 e. The summed E-state index contributed by atoms with van der Waals surface area (Å²) in [5.74, 6) is 1.92. The molecular formula is C10H10BrN3OS. The number of hydrogen-bond acceptors (Lipinski definition) is 5. The molecule has 0 aliphatic carbocycles. The average molecular weight is 300 g/mol. The maximum Gasteiger partial charge on any atom is 0.223 e. The SMILES string of the molecule is Cc1nc(CSc2ccc(Br)cc2N)no1. The number of thioether (sulfide) groups is 1. The maximum atomic E-state index is 5.88. The first-order chi connectivity index (χ1) is 7.65. The van der Waals surface area contributed by atoms with E-state index in [4.69, 9.17) is 10.3 Å². The number of aryl methyl sites for hydroxylation is 1. The molecule has 16 heavy (non-hydrogen) atoms. The van der Waals surface area contributed by atoms with Crippen LogP contribution in [0.15, 0.2) is 32.1 Å². The van der Waals surface area contributed by atoms with Crippen LogP contribution in [0.2, 0.25) is 0 Å². The lowest BCUT2D eigenvalue weighted by atomic mass is 10.3. The van der Waals surface area contributed by atoms with E-state index in [1.807, 2.05) is 18.2 Å². The zero-order chi connectivity index (χ0) is 11.5. The third-order valence-electron chi connectivity index (χ3n) is 1.90. The second-order valence-corrected chi connectivity index (χ2v) is 5.13. The van der Waals surface area contributed by atoms with Gasteiger partial charge in [0, 0.05) is 22.0 Å². The van der Waals surface area contributed by atoms with E-state index >= 15 is 0 Å². The quantitative estimate of drug-likeness (QED) is 0.697. The molecule has 1 heterocycles. The molecule has 0 amide bonds. The number of rotatable bonds is 3. The van der Waals surface area contributed by atoms with Gasteiger partial charge in [-0.05, 0) is 18.2 Å². The maximum absolute atomic E-state index is 5.88. The van der Waals surface area contributed by atoms with E-state index in [0.717, 1.165) is 15.1 Å². The van der Waals surface area contributed by atoms with Gasteiger partial charge in [0.2, 0.25) is 5.89 Å². The van der Waals surface area contributed by atoms with Gasteiger partial charge in [0.1, 0.15) is 0 Å². The molecule has 0 unspecified atom stereocenters. The molecule has 0 spiro atoms. The van der Waals surface area contributed by atoms with Gasteiger partial charge in [0.15, 0.2) is 5.82 Å². The first-order valence-corrected chi connectivity index (χ1v) is 6.40. The van der Waals surface area contributed by atoms with Crippen LogP contribution in [0.25, 0.3) is 0 Å². The van der Waals surface area contributed by atoms with Crippen LogP contribution in [0.3, 0.4) is 0 Å². The van der Waals surface area contributed by atoms with Crippen molar-refractivity contribution in [1.29, 1.82) is 0 Å². The summed E-state index contributed by atoms with van der Waals surface area (Å²) in [6.45, 7) is 1.77. The third-order valence-corrected chi connectivity index (χ3v) is 3.48.